The van der Waals surface area contributed by atoms with Crippen LogP contribution in [-0.2, 0) is 16.1 Å². The first kappa shape index (κ1) is 10.8. The fourth-order valence-corrected chi connectivity index (χ4v) is 1.22. The molecule has 0 bridgehead atoms. The highest BCUT2D eigenvalue weighted by molar-refractivity contribution is 5.69. The minimum Gasteiger partial charge on any atom is -0.466 e. The summed E-state index contributed by atoms with van der Waals surface area (Å²) >= 11 is 0. The second-order valence-electron chi connectivity index (χ2n) is 3.06. The van der Waals surface area contributed by atoms with Crippen molar-refractivity contribution in [3.8, 4) is 0 Å². The van der Waals surface area contributed by atoms with Gasteiger partial charge in [-0.3, -0.25) is 4.79 Å². The Labute approximate surface area is 83.9 Å². The van der Waals surface area contributed by atoms with Crippen molar-refractivity contribution in [1.29, 1.82) is 0 Å². The van der Waals surface area contributed by atoms with Crippen LogP contribution in [0.15, 0.2) is 18.7 Å². The maximum absolute atomic E-state index is 11.0. The lowest BCUT2D eigenvalue weighted by Crippen LogP contribution is -2.04. The normalized spacial score (nSPS) is 10.1. The first-order chi connectivity index (χ1) is 6.83. The number of imidazole rings is 1. The van der Waals surface area contributed by atoms with E-state index in [0.717, 1.165) is 19.4 Å². The highest BCUT2D eigenvalue weighted by Crippen LogP contribution is 2.00. The van der Waals surface area contributed by atoms with Crippen molar-refractivity contribution in [2.24, 2.45) is 0 Å². The predicted molar refractivity (Wildman–Crippen MR) is 52.7 cm³/mol. The topological polar surface area (TPSA) is 44.1 Å². The van der Waals surface area contributed by atoms with E-state index in [0.29, 0.717) is 13.0 Å². The number of aromatic nitrogens is 2. The van der Waals surface area contributed by atoms with Gasteiger partial charge in [0, 0.05) is 25.4 Å². The van der Waals surface area contributed by atoms with Crippen molar-refractivity contribution >= 4 is 5.97 Å². The number of hydrogen-bond acceptors (Lipinski definition) is 3. The maximum atomic E-state index is 11.0. The third-order valence-electron chi connectivity index (χ3n) is 1.91. The Morgan fingerprint density at radius 1 is 1.50 bits per heavy atom. The Morgan fingerprint density at radius 2 is 2.36 bits per heavy atom. The fourth-order valence-electron chi connectivity index (χ4n) is 1.22. The summed E-state index contributed by atoms with van der Waals surface area (Å²) in [6, 6.07) is 0. The summed E-state index contributed by atoms with van der Waals surface area (Å²) in [4.78, 5) is 14.9. The SMILES string of the molecule is CCOC(=O)CCCCn1ccnc1. The average Bonchev–Trinajstić information content (AvgIpc) is 2.65. The summed E-state index contributed by atoms with van der Waals surface area (Å²) in [5.74, 6) is -0.0990. The third-order valence-corrected chi connectivity index (χ3v) is 1.91. The van der Waals surface area contributed by atoms with Gasteiger partial charge in [-0.15, -0.1) is 0 Å². The summed E-state index contributed by atoms with van der Waals surface area (Å²) in [5.41, 5.74) is 0. The summed E-state index contributed by atoms with van der Waals surface area (Å²) in [6.45, 7) is 3.21. The van der Waals surface area contributed by atoms with Crippen molar-refractivity contribution < 1.29 is 9.53 Å². The molecule has 0 aliphatic rings. The highest BCUT2D eigenvalue weighted by atomic mass is 16.5. The lowest BCUT2D eigenvalue weighted by Gasteiger charge is -2.02. The molecule has 0 atom stereocenters. The smallest absolute Gasteiger partial charge is 0.305 e. The van der Waals surface area contributed by atoms with Crippen LogP contribution in [0.1, 0.15) is 26.2 Å². The van der Waals surface area contributed by atoms with E-state index in [1.165, 1.54) is 0 Å². The summed E-state index contributed by atoms with van der Waals surface area (Å²) in [7, 11) is 0. The van der Waals surface area contributed by atoms with E-state index in [-0.39, 0.29) is 5.97 Å². The number of nitrogens with zero attached hydrogens (tertiary/aromatic N) is 2. The minimum atomic E-state index is -0.0990. The van der Waals surface area contributed by atoms with E-state index < -0.39 is 0 Å². The number of carbonyl (C=O) groups excluding carboxylic acids is 1. The zero-order valence-corrected chi connectivity index (χ0v) is 8.48. The molecule has 1 aromatic heterocycles. The van der Waals surface area contributed by atoms with Crippen LogP contribution < -0.4 is 0 Å². The fraction of sp³-hybridized carbons (Fsp3) is 0.600. The number of carbonyl (C=O) groups is 1. The van der Waals surface area contributed by atoms with Crippen molar-refractivity contribution in [2.75, 3.05) is 6.61 Å². The first-order valence-corrected chi connectivity index (χ1v) is 4.94. The van der Waals surface area contributed by atoms with Gasteiger partial charge in [-0.05, 0) is 19.8 Å². The van der Waals surface area contributed by atoms with Crippen molar-refractivity contribution in [3.05, 3.63) is 18.7 Å². The zero-order chi connectivity index (χ0) is 10.2. The molecule has 0 aliphatic carbocycles. The molecular weight excluding hydrogens is 180 g/mol. The van der Waals surface area contributed by atoms with E-state index in [9.17, 15) is 4.79 Å². The second kappa shape index (κ2) is 6.18. The molecule has 0 aliphatic heterocycles. The summed E-state index contributed by atoms with van der Waals surface area (Å²) < 4.78 is 6.83. The van der Waals surface area contributed by atoms with Gasteiger partial charge < -0.3 is 9.30 Å². The molecule has 0 N–H and O–H groups in total. The molecule has 0 radical (unpaired) electrons. The molecule has 0 saturated heterocycles. The van der Waals surface area contributed by atoms with Crippen LogP contribution in [0.4, 0.5) is 0 Å². The number of ether oxygens (including phenoxy) is 1. The van der Waals surface area contributed by atoms with E-state index in [2.05, 4.69) is 4.98 Å². The molecule has 1 heterocycles. The van der Waals surface area contributed by atoms with Crippen LogP contribution in [0.5, 0.6) is 0 Å². The van der Waals surface area contributed by atoms with E-state index >= 15 is 0 Å². The van der Waals surface area contributed by atoms with E-state index in [1.54, 1.807) is 12.5 Å². The molecule has 4 heteroatoms. The van der Waals surface area contributed by atoms with Crippen LogP contribution in [0.3, 0.4) is 0 Å². The highest BCUT2D eigenvalue weighted by Gasteiger charge is 2.00. The number of rotatable bonds is 6. The van der Waals surface area contributed by atoms with Crippen LogP contribution in [0, 0.1) is 0 Å². The summed E-state index contributed by atoms with van der Waals surface area (Å²) in [5, 5.41) is 0. The van der Waals surface area contributed by atoms with Gasteiger partial charge in [0.05, 0.1) is 12.9 Å². The van der Waals surface area contributed by atoms with Gasteiger partial charge in [0.2, 0.25) is 0 Å². The van der Waals surface area contributed by atoms with Gasteiger partial charge >= 0.3 is 5.97 Å². The number of unbranched alkanes of at least 4 members (excludes halogenated alkanes) is 1. The molecule has 0 unspecified atom stereocenters. The molecule has 78 valence electrons. The molecule has 0 fully saturated rings. The molecule has 0 aromatic carbocycles. The van der Waals surface area contributed by atoms with Gasteiger partial charge in [-0.1, -0.05) is 0 Å². The van der Waals surface area contributed by atoms with Gasteiger partial charge in [-0.2, -0.15) is 0 Å². The molecule has 0 saturated carbocycles. The third kappa shape index (κ3) is 4.07. The Balaban J connectivity index is 2.02. The molecule has 0 amide bonds. The van der Waals surface area contributed by atoms with E-state index in [4.69, 9.17) is 4.74 Å². The van der Waals surface area contributed by atoms with Crippen LogP contribution >= 0.6 is 0 Å². The van der Waals surface area contributed by atoms with Crippen molar-refractivity contribution in [3.63, 3.8) is 0 Å². The minimum absolute atomic E-state index is 0.0990. The maximum Gasteiger partial charge on any atom is 0.305 e. The Hall–Kier alpha value is -1.32. The molecule has 14 heavy (non-hydrogen) atoms. The number of esters is 1. The van der Waals surface area contributed by atoms with Gasteiger partial charge in [0.1, 0.15) is 0 Å². The predicted octanol–water partition coefficient (Wildman–Crippen LogP) is 1.62. The van der Waals surface area contributed by atoms with Crippen LogP contribution in [0.2, 0.25) is 0 Å². The molecular formula is C10H16N2O2. The van der Waals surface area contributed by atoms with Gasteiger partial charge in [-0.25, -0.2) is 4.98 Å². The second-order valence-corrected chi connectivity index (χ2v) is 3.06. The Kier molecular flexibility index (Phi) is 4.75. The molecule has 1 aromatic rings. The van der Waals surface area contributed by atoms with Crippen molar-refractivity contribution in [2.45, 2.75) is 32.7 Å². The standard InChI is InChI=1S/C10H16N2O2/c1-2-14-10(13)5-3-4-7-12-8-6-11-9-12/h6,8-9H,2-5,7H2,1H3. The lowest BCUT2D eigenvalue weighted by atomic mass is 10.2. The quantitative estimate of drug-likeness (QED) is 0.513. The number of aryl methyl sites for hydroxylation is 1. The molecule has 0 spiro atoms. The summed E-state index contributed by atoms with van der Waals surface area (Å²) in [6.07, 6.45) is 7.83. The van der Waals surface area contributed by atoms with Crippen LogP contribution in [0.25, 0.3) is 0 Å². The largest absolute Gasteiger partial charge is 0.466 e. The zero-order valence-electron chi connectivity index (χ0n) is 8.48. The molecule has 4 nitrogen and oxygen atoms in total. The average molecular weight is 196 g/mol. The number of hydrogen-bond donors (Lipinski definition) is 0. The Bertz CT molecular complexity index is 257. The van der Waals surface area contributed by atoms with Gasteiger partial charge in [0.25, 0.3) is 0 Å². The lowest BCUT2D eigenvalue weighted by molar-refractivity contribution is -0.143. The first-order valence-electron chi connectivity index (χ1n) is 4.94. The molecule has 1 rings (SSSR count). The van der Waals surface area contributed by atoms with Crippen molar-refractivity contribution in [1.82, 2.24) is 9.55 Å². The van der Waals surface area contributed by atoms with E-state index in [1.807, 2.05) is 17.7 Å². The monoisotopic (exact) mass is 196 g/mol. The van der Waals surface area contributed by atoms with Crippen LogP contribution in [-0.4, -0.2) is 22.1 Å². The van der Waals surface area contributed by atoms with Gasteiger partial charge in [0.15, 0.2) is 0 Å². The Morgan fingerprint density at radius 3 is 3.00 bits per heavy atom.